The molecule has 0 aliphatic heterocycles. The van der Waals surface area contributed by atoms with Gasteiger partial charge in [0.2, 0.25) is 0 Å². The van der Waals surface area contributed by atoms with E-state index in [1.165, 1.54) is 0 Å². The lowest BCUT2D eigenvalue weighted by molar-refractivity contribution is 0.0967. The molecule has 0 bridgehead atoms. The van der Waals surface area contributed by atoms with Crippen LogP contribution in [0.4, 0.5) is 0 Å². The summed E-state index contributed by atoms with van der Waals surface area (Å²) >= 11 is 11.8. The predicted molar refractivity (Wildman–Crippen MR) is 75.7 cm³/mol. The lowest BCUT2D eigenvalue weighted by Gasteiger charge is -2.13. The number of alkyl halides is 1. The molecule has 2 aromatic rings. The van der Waals surface area contributed by atoms with Crippen molar-refractivity contribution < 1.29 is 4.79 Å². The number of ketones is 1. The van der Waals surface area contributed by atoms with Crippen LogP contribution in [0.2, 0.25) is 5.02 Å². The van der Waals surface area contributed by atoms with Gasteiger partial charge in [-0.15, -0.1) is 11.6 Å². The molecule has 1 atom stereocenters. The van der Waals surface area contributed by atoms with Crippen LogP contribution in [0.5, 0.6) is 0 Å². The molecule has 0 aromatic heterocycles. The summed E-state index contributed by atoms with van der Waals surface area (Å²) in [5.74, 6) is -0.0331. The minimum atomic E-state index is -0.327. The van der Waals surface area contributed by atoms with Crippen LogP contribution in [0.1, 0.15) is 21.8 Å². The second-order valence-corrected chi connectivity index (χ2v) is 4.73. The van der Waals surface area contributed by atoms with Crippen molar-refractivity contribution in [3.63, 3.8) is 0 Å². The molecule has 0 aliphatic carbocycles. The van der Waals surface area contributed by atoms with E-state index < -0.39 is 0 Å². The van der Waals surface area contributed by atoms with Gasteiger partial charge in [-0.25, -0.2) is 0 Å². The molecule has 0 amide bonds. The van der Waals surface area contributed by atoms with Crippen LogP contribution >= 0.6 is 23.2 Å². The molecule has 1 unspecified atom stereocenters. The van der Waals surface area contributed by atoms with Crippen LogP contribution in [-0.2, 0) is 0 Å². The van der Waals surface area contributed by atoms with Gasteiger partial charge in [-0.05, 0) is 17.7 Å². The fourth-order valence-corrected chi connectivity index (χ4v) is 2.25. The van der Waals surface area contributed by atoms with E-state index in [1.807, 2.05) is 30.3 Å². The Balaban J connectivity index is 2.29. The van der Waals surface area contributed by atoms with Gasteiger partial charge in [0.25, 0.3) is 0 Å². The summed E-state index contributed by atoms with van der Waals surface area (Å²) in [6, 6.07) is 16.4. The molecule has 3 heteroatoms. The van der Waals surface area contributed by atoms with E-state index in [-0.39, 0.29) is 17.6 Å². The van der Waals surface area contributed by atoms with Crippen LogP contribution in [0.25, 0.3) is 0 Å². The van der Waals surface area contributed by atoms with E-state index in [0.29, 0.717) is 10.6 Å². The van der Waals surface area contributed by atoms with E-state index in [0.717, 1.165) is 5.56 Å². The molecule has 2 aromatic carbocycles. The lowest BCUT2D eigenvalue weighted by atomic mass is 9.92. The van der Waals surface area contributed by atoms with E-state index in [9.17, 15) is 4.79 Å². The van der Waals surface area contributed by atoms with Crippen LogP contribution in [0, 0.1) is 0 Å². The first kappa shape index (κ1) is 13.1. The Bertz CT molecular complexity index is 520. The Kier molecular flexibility index (Phi) is 4.40. The number of carbonyl (C=O) groups is 1. The predicted octanol–water partition coefficient (Wildman–Crippen LogP) is 4.55. The van der Waals surface area contributed by atoms with Crippen molar-refractivity contribution in [2.45, 2.75) is 5.92 Å². The molecule has 18 heavy (non-hydrogen) atoms. The molecule has 2 rings (SSSR count). The maximum atomic E-state index is 12.3. The smallest absolute Gasteiger partial charge is 0.171 e. The van der Waals surface area contributed by atoms with E-state index in [1.54, 1.807) is 24.3 Å². The molecule has 0 spiro atoms. The van der Waals surface area contributed by atoms with Gasteiger partial charge in [0.1, 0.15) is 0 Å². The molecule has 0 fully saturated rings. The number of rotatable bonds is 4. The summed E-state index contributed by atoms with van der Waals surface area (Å²) in [7, 11) is 0. The van der Waals surface area contributed by atoms with Crippen molar-refractivity contribution in [2.75, 3.05) is 5.88 Å². The lowest BCUT2D eigenvalue weighted by Crippen LogP contribution is -2.14. The number of benzene rings is 2. The number of carbonyl (C=O) groups excluding carboxylic acids is 1. The second-order valence-electron chi connectivity index (χ2n) is 3.99. The SMILES string of the molecule is O=C(c1ccccc1)C(CCl)c1ccc(Cl)cc1. The van der Waals surface area contributed by atoms with E-state index in [2.05, 4.69) is 0 Å². The van der Waals surface area contributed by atoms with E-state index >= 15 is 0 Å². The van der Waals surface area contributed by atoms with Gasteiger partial charge < -0.3 is 0 Å². The van der Waals surface area contributed by atoms with Crippen molar-refractivity contribution in [1.29, 1.82) is 0 Å². The molecular weight excluding hydrogens is 267 g/mol. The first-order valence-corrected chi connectivity index (χ1v) is 6.54. The van der Waals surface area contributed by atoms with Gasteiger partial charge in [-0.1, -0.05) is 54.1 Å². The second kappa shape index (κ2) is 6.03. The zero-order valence-corrected chi connectivity index (χ0v) is 11.2. The average molecular weight is 279 g/mol. The van der Waals surface area contributed by atoms with Crippen LogP contribution < -0.4 is 0 Å². The normalized spacial score (nSPS) is 12.1. The average Bonchev–Trinajstić information content (AvgIpc) is 2.42. The first-order valence-electron chi connectivity index (χ1n) is 5.63. The van der Waals surface area contributed by atoms with Crippen molar-refractivity contribution in [3.05, 3.63) is 70.7 Å². The van der Waals surface area contributed by atoms with Crippen molar-refractivity contribution >= 4 is 29.0 Å². The molecule has 0 saturated heterocycles. The number of Topliss-reactive ketones (excluding diaryl/α,β-unsaturated/α-hetero) is 1. The molecule has 92 valence electrons. The van der Waals surface area contributed by atoms with Crippen LogP contribution in [-0.4, -0.2) is 11.7 Å². The third-order valence-corrected chi connectivity index (χ3v) is 3.36. The molecule has 0 aliphatic rings. The standard InChI is InChI=1S/C15H12Cl2O/c16-10-14(11-6-8-13(17)9-7-11)15(18)12-4-2-1-3-5-12/h1-9,14H,10H2. The molecular formula is C15H12Cl2O. The van der Waals surface area contributed by atoms with Crippen LogP contribution in [0.15, 0.2) is 54.6 Å². The Morgan fingerprint density at radius 1 is 1.00 bits per heavy atom. The highest BCUT2D eigenvalue weighted by molar-refractivity contribution is 6.30. The van der Waals surface area contributed by atoms with Gasteiger partial charge in [-0.2, -0.15) is 0 Å². The van der Waals surface area contributed by atoms with E-state index in [4.69, 9.17) is 23.2 Å². The van der Waals surface area contributed by atoms with Crippen molar-refractivity contribution in [3.8, 4) is 0 Å². The largest absolute Gasteiger partial charge is 0.293 e. The third kappa shape index (κ3) is 2.92. The Hall–Kier alpha value is -1.31. The van der Waals surface area contributed by atoms with Gasteiger partial charge in [0.05, 0.1) is 5.92 Å². The minimum Gasteiger partial charge on any atom is -0.293 e. The summed E-state index contributed by atoms with van der Waals surface area (Å²) in [5.41, 5.74) is 1.57. The fraction of sp³-hybridized carbons (Fsp3) is 0.133. The summed E-state index contributed by atoms with van der Waals surface area (Å²) in [6.07, 6.45) is 0. The Morgan fingerprint density at radius 2 is 1.61 bits per heavy atom. The minimum absolute atomic E-state index is 0.0351. The number of halogens is 2. The summed E-state index contributed by atoms with van der Waals surface area (Å²) in [5, 5.41) is 0.652. The topological polar surface area (TPSA) is 17.1 Å². The zero-order valence-electron chi connectivity index (χ0n) is 9.64. The maximum Gasteiger partial charge on any atom is 0.171 e. The van der Waals surface area contributed by atoms with Gasteiger partial charge in [0.15, 0.2) is 5.78 Å². The highest BCUT2D eigenvalue weighted by atomic mass is 35.5. The van der Waals surface area contributed by atoms with Crippen LogP contribution in [0.3, 0.4) is 0 Å². The Morgan fingerprint density at radius 3 is 2.17 bits per heavy atom. The van der Waals surface area contributed by atoms with Gasteiger partial charge in [0, 0.05) is 16.5 Å². The van der Waals surface area contributed by atoms with Crippen molar-refractivity contribution in [2.24, 2.45) is 0 Å². The molecule has 1 nitrogen and oxygen atoms in total. The fourth-order valence-electron chi connectivity index (χ4n) is 1.81. The molecule has 0 heterocycles. The summed E-state index contributed by atoms with van der Waals surface area (Å²) < 4.78 is 0. The van der Waals surface area contributed by atoms with Gasteiger partial charge in [-0.3, -0.25) is 4.79 Å². The molecule has 0 saturated carbocycles. The number of hydrogen-bond donors (Lipinski definition) is 0. The maximum absolute atomic E-state index is 12.3. The highest BCUT2D eigenvalue weighted by Crippen LogP contribution is 2.24. The number of hydrogen-bond acceptors (Lipinski definition) is 1. The first-order chi connectivity index (χ1) is 8.72. The third-order valence-electron chi connectivity index (χ3n) is 2.80. The quantitative estimate of drug-likeness (QED) is 0.593. The van der Waals surface area contributed by atoms with Crippen molar-refractivity contribution in [1.82, 2.24) is 0 Å². The highest BCUT2D eigenvalue weighted by Gasteiger charge is 2.20. The monoisotopic (exact) mass is 278 g/mol. The van der Waals surface area contributed by atoms with Gasteiger partial charge >= 0.3 is 0 Å². The summed E-state index contributed by atoms with van der Waals surface area (Å²) in [6.45, 7) is 0. The Labute approximate surface area is 116 Å². The molecule has 0 N–H and O–H groups in total. The summed E-state index contributed by atoms with van der Waals surface area (Å²) in [4.78, 5) is 12.3. The zero-order chi connectivity index (χ0) is 13.0. The molecule has 0 radical (unpaired) electrons.